The number of primary amides is 1. The van der Waals surface area contributed by atoms with E-state index in [9.17, 15) is 0 Å². The predicted molar refractivity (Wildman–Crippen MR) is 166 cm³/mol. The summed E-state index contributed by atoms with van der Waals surface area (Å²) in [5.74, 6) is 2.39. The summed E-state index contributed by atoms with van der Waals surface area (Å²) in [6, 6.07) is 32.2. The first-order valence-corrected chi connectivity index (χ1v) is 14.1. The van der Waals surface area contributed by atoms with Gasteiger partial charge < -0.3 is 9.97 Å². The Bertz CT molecular complexity index is 2140. The molecule has 11 heteroatoms. The van der Waals surface area contributed by atoms with Crippen molar-refractivity contribution in [2.75, 3.05) is 0 Å². The first-order chi connectivity index (χ1) is 21.5. The number of carbonyl (C=O) groups is 1. The third-order valence-electron chi connectivity index (χ3n) is 7.46. The zero-order valence-corrected chi connectivity index (χ0v) is 23.6. The van der Waals surface area contributed by atoms with Gasteiger partial charge in [0.2, 0.25) is 0 Å². The Balaban J connectivity index is 0.000000684. The van der Waals surface area contributed by atoms with Crippen LogP contribution >= 0.6 is 0 Å². The van der Waals surface area contributed by atoms with Crippen molar-refractivity contribution in [1.29, 1.82) is 0 Å². The zero-order valence-electron chi connectivity index (χ0n) is 22.7. The van der Waals surface area contributed by atoms with Gasteiger partial charge in [-0.2, -0.15) is 0 Å². The van der Waals surface area contributed by atoms with Crippen molar-refractivity contribution in [3.63, 3.8) is 0 Å². The molecule has 0 aliphatic carbocycles. The van der Waals surface area contributed by atoms with Crippen LogP contribution in [0.5, 0.6) is 0 Å². The van der Waals surface area contributed by atoms with E-state index in [0.29, 0.717) is 45.9 Å². The van der Waals surface area contributed by atoms with Crippen LogP contribution in [0.3, 0.4) is 0 Å². The van der Waals surface area contributed by atoms with E-state index in [1.165, 1.54) is 0 Å². The molecule has 0 atom stereocenters. The largest absolute Gasteiger partial charge is 0.324 e. The average Bonchev–Trinajstić information content (AvgIpc) is 3.76. The Kier molecular flexibility index (Phi) is 6.00. The number of fused-ring (bicyclic) bond motifs is 20. The van der Waals surface area contributed by atoms with Crippen LogP contribution < -0.4 is 5.73 Å². The summed E-state index contributed by atoms with van der Waals surface area (Å²) in [6.45, 7) is 0. The van der Waals surface area contributed by atoms with E-state index in [-0.39, 0.29) is 0 Å². The van der Waals surface area contributed by atoms with Crippen molar-refractivity contribution in [3.05, 3.63) is 97.1 Å². The summed E-state index contributed by atoms with van der Waals surface area (Å²) < 4.78 is 0. The third kappa shape index (κ3) is 4.30. The van der Waals surface area contributed by atoms with E-state index in [4.69, 9.17) is 34.7 Å². The molecule has 4 N–H and O–H groups in total. The maximum Gasteiger partial charge on any atom is 0.164 e. The van der Waals surface area contributed by atoms with Gasteiger partial charge in [-0.1, -0.05) is 97.1 Å². The molecule has 44 heavy (non-hydrogen) atoms. The van der Waals surface area contributed by atoms with Crippen LogP contribution in [0.1, 0.15) is 0 Å². The normalized spacial score (nSPS) is 11.5. The maximum absolute atomic E-state index is 9.03. The molecule has 0 saturated carbocycles. The molecule has 5 heterocycles. The molecule has 10 nitrogen and oxygen atoms in total. The third-order valence-corrected chi connectivity index (χ3v) is 7.46. The van der Waals surface area contributed by atoms with Crippen molar-refractivity contribution in [2.45, 2.75) is 0 Å². The minimum Gasteiger partial charge on any atom is -0.324 e. The SMILES string of the molecule is N[C](=O)[Cu].c1ccc2c(c1)-c1nc-2nc2[nH]c(nc3nc(nc4[nH]c(n1)c1ccccc41)-c1ccccc1-3)c1ccccc21. The van der Waals surface area contributed by atoms with Gasteiger partial charge in [-0.25, -0.2) is 29.9 Å². The number of hydrogen-bond acceptors (Lipinski definition) is 7. The van der Waals surface area contributed by atoms with Gasteiger partial charge in [0.05, 0.1) is 0 Å². The number of nitrogens with two attached hydrogens (primary N) is 1. The zero-order chi connectivity index (χ0) is 29.8. The van der Waals surface area contributed by atoms with Gasteiger partial charge in [0, 0.05) is 43.8 Å². The van der Waals surface area contributed by atoms with Crippen LogP contribution in [-0.2, 0) is 16.0 Å². The molecule has 7 aromatic rings. The molecular weight excluding hydrogens is 602 g/mol. The van der Waals surface area contributed by atoms with Gasteiger partial charge in [0.15, 0.2) is 23.3 Å². The molecule has 9 rings (SSSR count). The van der Waals surface area contributed by atoms with E-state index in [0.717, 1.165) is 43.8 Å². The summed E-state index contributed by atoms with van der Waals surface area (Å²) in [6.07, 6.45) is 0. The summed E-state index contributed by atoms with van der Waals surface area (Å²) >= 11 is 3.88. The molecule has 0 unspecified atom stereocenters. The number of H-pyrrole nitrogens is 2. The van der Waals surface area contributed by atoms with Crippen molar-refractivity contribution in [3.8, 4) is 45.6 Å². The van der Waals surface area contributed by atoms with E-state index < -0.39 is 4.81 Å². The van der Waals surface area contributed by atoms with E-state index in [1.807, 2.05) is 97.1 Å². The quantitative estimate of drug-likeness (QED) is 0.164. The number of carbonyl (C=O) groups excluding carboxylic acids is 1. The number of aromatic amines is 2. The van der Waals surface area contributed by atoms with Crippen molar-refractivity contribution >= 4 is 48.9 Å². The number of nitrogens with zero attached hydrogens (tertiary/aromatic N) is 6. The fourth-order valence-electron chi connectivity index (χ4n) is 5.59. The Hall–Kier alpha value is -5.77. The van der Waals surface area contributed by atoms with Gasteiger partial charge in [-0.15, -0.1) is 0 Å². The van der Waals surface area contributed by atoms with Crippen LogP contribution in [0, 0.1) is 0 Å². The van der Waals surface area contributed by atoms with Crippen LogP contribution in [-0.4, -0.2) is 44.7 Å². The van der Waals surface area contributed by atoms with Gasteiger partial charge in [-0.3, -0.25) is 0 Å². The smallest absolute Gasteiger partial charge is 0.164 e. The minimum absolute atomic E-state index is 0.597. The van der Waals surface area contributed by atoms with Gasteiger partial charge in [0.25, 0.3) is 0 Å². The molecule has 0 spiro atoms. The fraction of sp³-hybridized carbons (Fsp3) is 0. The van der Waals surface area contributed by atoms with Crippen molar-refractivity contribution in [1.82, 2.24) is 39.9 Å². The van der Waals surface area contributed by atoms with E-state index in [2.05, 4.69) is 31.7 Å². The Labute approximate surface area is 257 Å². The Morgan fingerprint density at radius 1 is 0.455 bits per heavy atom. The molecule has 1 amide bonds. The number of benzene rings is 4. The van der Waals surface area contributed by atoms with Crippen molar-refractivity contribution in [2.24, 2.45) is 5.73 Å². The maximum atomic E-state index is 9.03. The standard InChI is InChI=1S/C32H18N8.CH2NO.Cu/c1-2-10-18-17(9-1)25-33-26(18)38-28-21-13-5-6-14-22(21)30(35-28)40-32-24-16-8-7-15-23(24)31(36-32)39-29-20-12-4-3-11-19(20)27(34-29)37-25;2-1-3;/h1-16H,(H2,33,34,35,36,37,38,39,40);(H2,2,3);. The first-order valence-electron chi connectivity index (χ1n) is 13.6. The average molecular weight is 622 g/mol. The topological polar surface area (TPSA) is 152 Å². The Morgan fingerprint density at radius 2 is 0.682 bits per heavy atom. The molecule has 0 fully saturated rings. The molecule has 4 aromatic carbocycles. The second-order valence-electron chi connectivity index (χ2n) is 10.1. The number of aromatic nitrogens is 8. The molecule has 2 aliphatic rings. The fourth-order valence-corrected chi connectivity index (χ4v) is 5.59. The number of hydrogen-bond donors (Lipinski definition) is 3. The van der Waals surface area contributed by atoms with E-state index in [1.54, 1.807) is 0 Å². The monoisotopic (exact) mass is 621 g/mol. The second-order valence-corrected chi connectivity index (χ2v) is 10.5. The summed E-state index contributed by atoms with van der Waals surface area (Å²) in [7, 11) is 0. The Morgan fingerprint density at radius 3 is 0.932 bits per heavy atom. The molecule has 0 radical (unpaired) electrons. The molecule has 214 valence electrons. The van der Waals surface area contributed by atoms with Crippen LogP contribution in [0.2, 0.25) is 0 Å². The molecule has 0 saturated heterocycles. The molecule has 3 aromatic heterocycles. The van der Waals surface area contributed by atoms with Crippen LogP contribution in [0.25, 0.3) is 89.7 Å². The summed E-state index contributed by atoms with van der Waals surface area (Å²) in [5.41, 5.74) is 10.7. The molecule has 8 bridgehead atoms. The summed E-state index contributed by atoms with van der Waals surface area (Å²) in [4.78, 5) is 45.0. The molecular formula is C33H20CuN9O. The van der Waals surface area contributed by atoms with Gasteiger partial charge >= 0.3 is 31.3 Å². The number of amides is 1. The van der Waals surface area contributed by atoms with Crippen molar-refractivity contribution < 1.29 is 20.8 Å². The van der Waals surface area contributed by atoms with Gasteiger partial charge in [-0.05, 0) is 0 Å². The predicted octanol–water partition coefficient (Wildman–Crippen LogP) is 6.48. The number of nitrogens with one attached hydrogen (secondary N) is 2. The number of rotatable bonds is 0. The van der Waals surface area contributed by atoms with Gasteiger partial charge in [0.1, 0.15) is 22.6 Å². The second kappa shape index (κ2) is 10.2. The minimum atomic E-state index is -0.771. The van der Waals surface area contributed by atoms with Crippen LogP contribution in [0.15, 0.2) is 97.1 Å². The summed E-state index contributed by atoms with van der Waals surface area (Å²) in [5, 5.41) is 3.82. The first kappa shape index (κ1) is 25.9. The van der Waals surface area contributed by atoms with Crippen LogP contribution in [0.4, 0.5) is 4.79 Å². The molecule has 2 aliphatic heterocycles. The van der Waals surface area contributed by atoms with E-state index >= 15 is 0 Å².